The van der Waals surface area contributed by atoms with Crippen LogP contribution in [0.5, 0.6) is 0 Å². The first-order chi connectivity index (χ1) is 8.69. The first kappa shape index (κ1) is 14.7. The molecule has 1 heterocycles. The molecule has 0 bridgehead atoms. The molecule has 1 rings (SSSR count). The Balaban J connectivity index is 2.37. The molecule has 0 spiro atoms. The fraction of sp³-hybridized carbons (Fsp3) is 0.692. The van der Waals surface area contributed by atoms with E-state index in [0.717, 1.165) is 44.1 Å². The van der Waals surface area contributed by atoms with Gasteiger partial charge in [0.25, 0.3) is 0 Å². The number of nitrogens with zero attached hydrogens (tertiary/aromatic N) is 3. The molecule has 1 aromatic heterocycles. The second kappa shape index (κ2) is 7.87. The molecule has 0 aliphatic rings. The summed E-state index contributed by atoms with van der Waals surface area (Å²) in [6.45, 7) is 10.7. The van der Waals surface area contributed by atoms with Crippen LogP contribution in [-0.2, 0) is 0 Å². The molecular weight excluding hydrogens is 226 g/mol. The molecule has 102 valence electrons. The van der Waals surface area contributed by atoms with Gasteiger partial charge in [0.05, 0.1) is 0 Å². The van der Waals surface area contributed by atoms with Crippen molar-refractivity contribution < 1.29 is 0 Å². The van der Waals surface area contributed by atoms with E-state index in [9.17, 15) is 0 Å². The zero-order valence-corrected chi connectivity index (χ0v) is 12.0. The van der Waals surface area contributed by atoms with E-state index < -0.39 is 0 Å². The molecule has 18 heavy (non-hydrogen) atoms. The Kier molecular flexibility index (Phi) is 6.43. The number of rotatable bonds is 8. The molecule has 0 aliphatic heterocycles. The summed E-state index contributed by atoms with van der Waals surface area (Å²) in [5, 5.41) is 6.31. The van der Waals surface area contributed by atoms with E-state index in [1.165, 1.54) is 0 Å². The summed E-state index contributed by atoms with van der Waals surface area (Å²) in [6.07, 6.45) is 1.12. The van der Waals surface area contributed by atoms with Crippen LogP contribution in [0.4, 0.5) is 11.8 Å². The SMILES string of the molecule is CCN(CC)CCCNc1cc(C)nc(NC)n1. The predicted molar refractivity (Wildman–Crippen MR) is 77.2 cm³/mol. The first-order valence-electron chi connectivity index (χ1n) is 6.69. The molecule has 0 atom stereocenters. The molecule has 1 aromatic rings. The lowest BCUT2D eigenvalue weighted by Gasteiger charge is -2.17. The highest BCUT2D eigenvalue weighted by Gasteiger charge is 2.01. The van der Waals surface area contributed by atoms with Gasteiger partial charge in [0, 0.05) is 25.4 Å². The van der Waals surface area contributed by atoms with Crippen LogP contribution in [0, 0.1) is 6.92 Å². The molecule has 0 amide bonds. The number of hydrogen-bond donors (Lipinski definition) is 2. The second-order valence-corrected chi connectivity index (χ2v) is 4.28. The van der Waals surface area contributed by atoms with Crippen molar-refractivity contribution in [3.63, 3.8) is 0 Å². The highest BCUT2D eigenvalue weighted by molar-refractivity contribution is 5.41. The van der Waals surface area contributed by atoms with Gasteiger partial charge < -0.3 is 15.5 Å². The quantitative estimate of drug-likeness (QED) is 0.692. The van der Waals surface area contributed by atoms with E-state index in [2.05, 4.69) is 39.3 Å². The Morgan fingerprint density at radius 1 is 1.22 bits per heavy atom. The molecule has 0 saturated carbocycles. The standard InChI is InChI=1S/C13H25N5/c1-5-18(6-2)9-7-8-15-12-10-11(3)16-13(14-4)17-12/h10H,5-9H2,1-4H3,(H2,14,15,16,17). The third-order valence-corrected chi connectivity index (χ3v) is 2.93. The Hall–Kier alpha value is -1.36. The Morgan fingerprint density at radius 3 is 2.56 bits per heavy atom. The zero-order chi connectivity index (χ0) is 13.4. The summed E-state index contributed by atoms with van der Waals surface area (Å²) >= 11 is 0. The molecule has 0 saturated heterocycles. The first-order valence-corrected chi connectivity index (χ1v) is 6.69. The van der Waals surface area contributed by atoms with Crippen LogP contribution in [-0.4, -0.2) is 48.1 Å². The molecule has 0 aromatic carbocycles. The van der Waals surface area contributed by atoms with Gasteiger partial charge in [0.2, 0.25) is 5.95 Å². The van der Waals surface area contributed by atoms with Gasteiger partial charge in [0.1, 0.15) is 5.82 Å². The van der Waals surface area contributed by atoms with Crippen molar-refractivity contribution in [1.82, 2.24) is 14.9 Å². The number of aryl methyl sites for hydroxylation is 1. The van der Waals surface area contributed by atoms with Crippen LogP contribution < -0.4 is 10.6 Å². The third-order valence-electron chi connectivity index (χ3n) is 2.93. The maximum absolute atomic E-state index is 4.36. The normalized spacial score (nSPS) is 10.7. The zero-order valence-electron chi connectivity index (χ0n) is 12.0. The molecule has 0 unspecified atom stereocenters. The van der Waals surface area contributed by atoms with Crippen molar-refractivity contribution in [2.45, 2.75) is 27.2 Å². The molecule has 2 N–H and O–H groups in total. The molecule has 5 nitrogen and oxygen atoms in total. The van der Waals surface area contributed by atoms with Gasteiger partial charge in [-0.15, -0.1) is 0 Å². The summed E-state index contributed by atoms with van der Waals surface area (Å²) in [5.74, 6) is 1.56. The second-order valence-electron chi connectivity index (χ2n) is 4.28. The minimum Gasteiger partial charge on any atom is -0.370 e. The van der Waals surface area contributed by atoms with Crippen molar-refractivity contribution in [3.05, 3.63) is 11.8 Å². The van der Waals surface area contributed by atoms with E-state index in [0.29, 0.717) is 5.95 Å². The summed E-state index contributed by atoms with van der Waals surface area (Å²) in [5.41, 5.74) is 0.973. The van der Waals surface area contributed by atoms with E-state index >= 15 is 0 Å². The summed E-state index contributed by atoms with van der Waals surface area (Å²) in [7, 11) is 1.83. The van der Waals surface area contributed by atoms with Crippen molar-refractivity contribution in [3.8, 4) is 0 Å². The van der Waals surface area contributed by atoms with Gasteiger partial charge in [-0.2, -0.15) is 4.98 Å². The van der Waals surface area contributed by atoms with Crippen LogP contribution in [0.15, 0.2) is 6.07 Å². The van der Waals surface area contributed by atoms with Crippen molar-refractivity contribution >= 4 is 11.8 Å². The summed E-state index contributed by atoms with van der Waals surface area (Å²) in [6, 6.07) is 1.97. The average molecular weight is 251 g/mol. The van der Waals surface area contributed by atoms with Gasteiger partial charge in [-0.1, -0.05) is 13.8 Å². The number of nitrogens with one attached hydrogen (secondary N) is 2. The summed E-state index contributed by atoms with van der Waals surface area (Å²) < 4.78 is 0. The maximum Gasteiger partial charge on any atom is 0.224 e. The lowest BCUT2D eigenvalue weighted by Crippen LogP contribution is -2.25. The number of anilines is 2. The Bertz CT molecular complexity index is 349. The minimum atomic E-state index is 0.668. The average Bonchev–Trinajstić information content (AvgIpc) is 2.38. The van der Waals surface area contributed by atoms with E-state index in [1.807, 2.05) is 20.0 Å². The van der Waals surface area contributed by atoms with Gasteiger partial charge in [-0.05, 0) is 33.0 Å². The smallest absolute Gasteiger partial charge is 0.224 e. The van der Waals surface area contributed by atoms with Crippen LogP contribution in [0.2, 0.25) is 0 Å². The van der Waals surface area contributed by atoms with E-state index in [4.69, 9.17) is 0 Å². The fourth-order valence-electron chi connectivity index (χ4n) is 1.83. The molecule has 0 aliphatic carbocycles. The van der Waals surface area contributed by atoms with Gasteiger partial charge >= 0.3 is 0 Å². The van der Waals surface area contributed by atoms with Crippen LogP contribution >= 0.6 is 0 Å². The largest absolute Gasteiger partial charge is 0.370 e. The van der Waals surface area contributed by atoms with E-state index in [-0.39, 0.29) is 0 Å². The van der Waals surface area contributed by atoms with Crippen LogP contribution in [0.3, 0.4) is 0 Å². The topological polar surface area (TPSA) is 53.1 Å². The predicted octanol–water partition coefficient (Wildman–Crippen LogP) is 1.97. The summed E-state index contributed by atoms with van der Waals surface area (Å²) in [4.78, 5) is 11.0. The third kappa shape index (κ3) is 4.87. The van der Waals surface area contributed by atoms with Gasteiger partial charge in [-0.25, -0.2) is 4.98 Å². The molecule has 0 radical (unpaired) electrons. The van der Waals surface area contributed by atoms with Crippen LogP contribution in [0.1, 0.15) is 26.0 Å². The van der Waals surface area contributed by atoms with Crippen LogP contribution in [0.25, 0.3) is 0 Å². The van der Waals surface area contributed by atoms with Crippen molar-refractivity contribution in [1.29, 1.82) is 0 Å². The number of hydrogen-bond acceptors (Lipinski definition) is 5. The molecule has 0 fully saturated rings. The fourth-order valence-corrected chi connectivity index (χ4v) is 1.83. The van der Waals surface area contributed by atoms with Gasteiger partial charge in [-0.3, -0.25) is 0 Å². The highest BCUT2D eigenvalue weighted by Crippen LogP contribution is 2.08. The lowest BCUT2D eigenvalue weighted by molar-refractivity contribution is 0.303. The Labute approximate surface area is 110 Å². The van der Waals surface area contributed by atoms with Crippen molar-refractivity contribution in [2.24, 2.45) is 0 Å². The monoisotopic (exact) mass is 251 g/mol. The molecular formula is C13H25N5. The van der Waals surface area contributed by atoms with E-state index in [1.54, 1.807) is 0 Å². The Morgan fingerprint density at radius 2 is 1.94 bits per heavy atom. The van der Waals surface area contributed by atoms with Crippen molar-refractivity contribution in [2.75, 3.05) is 43.9 Å². The minimum absolute atomic E-state index is 0.668. The lowest BCUT2D eigenvalue weighted by atomic mass is 10.3. The highest BCUT2D eigenvalue weighted by atomic mass is 15.1. The number of aromatic nitrogens is 2. The maximum atomic E-state index is 4.36. The van der Waals surface area contributed by atoms with Gasteiger partial charge in [0.15, 0.2) is 0 Å². The molecule has 5 heteroatoms.